The largest absolute Gasteiger partial charge is 0.463 e. The number of nitrogens with one attached hydrogen (secondary N) is 1. The third kappa shape index (κ3) is 2.78. The first-order valence-electron chi connectivity index (χ1n) is 5.13. The Kier molecular flexibility index (Phi) is 3.46. The highest BCUT2D eigenvalue weighted by atomic mass is 16.5. The number of esters is 1. The number of methoxy groups -OCH3 is 1. The van der Waals surface area contributed by atoms with Gasteiger partial charge in [0, 0.05) is 6.20 Å². The number of carbonyl (C=O) groups excluding carboxylic acids is 1. The van der Waals surface area contributed by atoms with Crippen molar-refractivity contribution in [1.29, 1.82) is 0 Å². The van der Waals surface area contributed by atoms with Crippen molar-refractivity contribution >= 4 is 11.8 Å². The zero-order valence-electron chi connectivity index (χ0n) is 9.88. The van der Waals surface area contributed by atoms with Gasteiger partial charge in [-0.25, -0.2) is 14.8 Å². The summed E-state index contributed by atoms with van der Waals surface area (Å²) in [6.45, 7) is 2.05. The average molecular weight is 249 g/mol. The standard InChI is InChI=1S/C10H11N5O3/c1-6-13-8(18-15-6)5-12-7-3-4-11-9(14-7)10(16)17-2/h3-4H,5H2,1-2H3,(H,11,12,14). The number of hydrogen-bond acceptors (Lipinski definition) is 8. The number of carbonyl (C=O) groups is 1. The van der Waals surface area contributed by atoms with E-state index in [9.17, 15) is 4.79 Å². The molecule has 0 aliphatic carbocycles. The van der Waals surface area contributed by atoms with Crippen LogP contribution in [0.5, 0.6) is 0 Å². The molecule has 0 aliphatic rings. The molecule has 1 N–H and O–H groups in total. The Labute approximate surface area is 102 Å². The van der Waals surface area contributed by atoms with Crippen molar-refractivity contribution in [2.75, 3.05) is 12.4 Å². The highest BCUT2D eigenvalue weighted by Crippen LogP contribution is 2.05. The van der Waals surface area contributed by atoms with Gasteiger partial charge in [-0.3, -0.25) is 0 Å². The number of nitrogens with zero attached hydrogens (tertiary/aromatic N) is 4. The van der Waals surface area contributed by atoms with Crippen LogP contribution in [0.3, 0.4) is 0 Å². The Bertz CT molecular complexity index is 554. The predicted octanol–water partition coefficient (Wildman–Crippen LogP) is 0.567. The van der Waals surface area contributed by atoms with E-state index in [0.717, 1.165) is 0 Å². The summed E-state index contributed by atoms with van der Waals surface area (Å²) in [5, 5.41) is 6.59. The number of rotatable bonds is 4. The van der Waals surface area contributed by atoms with Crippen LogP contribution in [0.15, 0.2) is 16.8 Å². The molecule has 0 bridgehead atoms. The summed E-state index contributed by atoms with van der Waals surface area (Å²) in [4.78, 5) is 23.0. The minimum absolute atomic E-state index is 0.00999. The smallest absolute Gasteiger partial charge is 0.376 e. The van der Waals surface area contributed by atoms with E-state index in [1.165, 1.54) is 13.3 Å². The van der Waals surface area contributed by atoms with Gasteiger partial charge < -0.3 is 14.6 Å². The summed E-state index contributed by atoms with van der Waals surface area (Å²) in [5.41, 5.74) is 0. The van der Waals surface area contributed by atoms with Crippen LogP contribution in [0.4, 0.5) is 5.82 Å². The lowest BCUT2D eigenvalue weighted by molar-refractivity contribution is 0.0587. The van der Waals surface area contributed by atoms with Gasteiger partial charge in [-0.15, -0.1) is 0 Å². The molecule has 0 aliphatic heterocycles. The average Bonchev–Trinajstić information content (AvgIpc) is 2.81. The lowest BCUT2D eigenvalue weighted by Gasteiger charge is -2.03. The zero-order valence-corrected chi connectivity index (χ0v) is 9.88. The van der Waals surface area contributed by atoms with E-state index in [0.29, 0.717) is 24.1 Å². The van der Waals surface area contributed by atoms with Crippen LogP contribution in [0.25, 0.3) is 0 Å². The molecule has 2 aromatic heterocycles. The number of hydrogen-bond donors (Lipinski definition) is 1. The molecule has 18 heavy (non-hydrogen) atoms. The molecule has 8 nitrogen and oxygen atoms in total. The fourth-order valence-corrected chi connectivity index (χ4v) is 1.22. The first-order valence-corrected chi connectivity index (χ1v) is 5.13. The van der Waals surface area contributed by atoms with E-state index in [-0.39, 0.29) is 5.82 Å². The monoisotopic (exact) mass is 249 g/mol. The van der Waals surface area contributed by atoms with E-state index in [1.807, 2.05) is 0 Å². The first kappa shape index (κ1) is 12.0. The molecule has 0 amide bonds. The van der Waals surface area contributed by atoms with Gasteiger partial charge >= 0.3 is 5.97 Å². The summed E-state index contributed by atoms with van der Waals surface area (Å²) in [7, 11) is 1.27. The molecule has 0 saturated carbocycles. The minimum Gasteiger partial charge on any atom is -0.463 e. The molecular formula is C10H11N5O3. The van der Waals surface area contributed by atoms with Gasteiger partial charge in [-0.1, -0.05) is 5.16 Å². The van der Waals surface area contributed by atoms with Crippen molar-refractivity contribution in [2.45, 2.75) is 13.5 Å². The molecule has 0 aromatic carbocycles. The summed E-state index contributed by atoms with van der Waals surface area (Å²) >= 11 is 0. The third-order valence-corrected chi connectivity index (χ3v) is 2.01. The van der Waals surface area contributed by atoms with Crippen molar-refractivity contribution in [2.24, 2.45) is 0 Å². The maximum Gasteiger partial charge on any atom is 0.376 e. The summed E-state index contributed by atoms with van der Waals surface area (Å²) < 4.78 is 9.45. The summed E-state index contributed by atoms with van der Waals surface area (Å²) in [5.74, 6) is 0.869. The Morgan fingerprint density at radius 1 is 1.50 bits per heavy atom. The topological polar surface area (TPSA) is 103 Å². The molecule has 0 unspecified atom stereocenters. The van der Waals surface area contributed by atoms with Gasteiger partial charge in [0.15, 0.2) is 5.82 Å². The highest BCUT2D eigenvalue weighted by molar-refractivity contribution is 5.85. The van der Waals surface area contributed by atoms with Crippen molar-refractivity contribution in [3.63, 3.8) is 0 Å². The fourth-order valence-electron chi connectivity index (χ4n) is 1.22. The van der Waals surface area contributed by atoms with Crippen molar-refractivity contribution in [3.8, 4) is 0 Å². The van der Waals surface area contributed by atoms with Gasteiger partial charge in [-0.05, 0) is 13.0 Å². The van der Waals surface area contributed by atoms with Crippen molar-refractivity contribution in [3.05, 3.63) is 29.8 Å². The van der Waals surface area contributed by atoms with Crippen LogP contribution in [-0.2, 0) is 11.3 Å². The Morgan fingerprint density at radius 3 is 3.00 bits per heavy atom. The molecule has 0 atom stereocenters. The normalized spacial score (nSPS) is 10.1. The molecular weight excluding hydrogens is 238 g/mol. The van der Waals surface area contributed by atoms with Crippen LogP contribution >= 0.6 is 0 Å². The molecule has 0 spiro atoms. The fraction of sp³-hybridized carbons (Fsp3) is 0.300. The lowest BCUT2D eigenvalue weighted by atomic mass is 10.5. The Morgan fingerprint density at radius 2 is 2.33 bits per heavy atom. The van der Waals surface area contributed by atoms with Gasteiger partial charge in [0.05, 0.1) is 13.7 Å². The summed E-state index contributed by atoms with van der Waals surface area (Å²) in [6, 6.07) is 1.62. The quantitative estimate of drug-likeness (QED) is 0.784. The van der Waals surface area contributed by atoms with Crippen LogP contribution in [-0.4, -0.2) is 33.2 Å². The zero-order chi connectivity index (χ0) is 13.0. The lowest BCUT2D eigenvalue weighted by Crippen LogP contribution is -2.10. The van der Waals surface area contributed by atoms with Crippen LogP contribution in [0, 0.1) is 6.92 Å². The molecule has 0 fully saturated rings. The number of anilines is 1. The molecule has 0 radical (unpaired) electrons. The van der Waals surface area contributed by atoms with Crippen molar-refractivity contribution in [1.82, 2.24) is 20.1 Å². The van der Waals surface area contributed by atoms with Crippen molar-refractivity contribution < 1.29 is 14.1 Å². The second kappa shape index (κ2) is 5.21. The Balaban J connectivity index is 2.03. The number of aromatic nitrogens is 4. The predicted molar refractivity (Wildman–Crippen MR) is 59.7 cm³/mol. The molecule has 8 heteroatoms. The third-order valence-electron chi connectivity index (χ3n) is 2.01. The number of ether oxygens (including phenoxy) is 1. The Hall–Kier alpha value is -2.51. The van der Waals surface area contributed by atoms with Crippen LogP contribution in [0.2, 0.25) is 0 Å². The molecule has 2 heterocycles. The van der Waals surface area contributed by atoms with E-state index >= 15 is 0 Å². The van der Waals surface area contributed by atoms with E-state index < -0.39 is 5.97 Å². The van der Waals surface area contributed by atoms with E-state index in [4.69, 9.17) is 4.52 Å². The maximum absolute atomic E-state index is 11.2. The van der Waals surface area contributed by atoms with Crippen LogP contribution in [0.1, 0.15) is 22.3 Å². The number of aryl methyl sites for hydroxylation is 1. The first-order chi connectivity index (χ1) is 8.69. The molecule has 94 valence electrons. The second-order valence-electron chi connectivity index (χ2n) is 3.35. The van der Waals surface area contributed by atoms with Crippen LogP contribution < -0.4 is 5.32 Å². The summed E-state index contributed by atoms with van der Waals surface area (Å²) in [6.07, 6.45) is 1.46. The molecule has 2 aromatic rings. The van der Waals surface area contributed by atoms with E-state index in [1.54, 1.807) is 13.0 Å². The minimum atomic E-state index is -0.590. The van der Waals surface area contributed by atoms with Gasteiger partial charge in [0.1, 0.15) is 5.82 Å². The maximum atomic E-state index is 11.2. The van der Waals surface area contributed by atoms with E-state index in [2.05, 4.69) is 30.2 Å². The van der Waals surface area contributed by atoms with Gasteiger partial charge in [0.25, 0.3) is 0 Å². The molecule has 2 rings (SSSR count). The van der Waals surface area contributed by atoms with Gasteiger partial charge in [0.2, 0.25) is 11.7 Å². The highest BCUT2D eigenvalue weighted by Gasteiger charge is 2.10. The second-order valence-corrected chi connectivity index (χ2v) is 3.35. The SMILES string of the molecule is COC(=O)c1nccc(NCc2nc(C)no2)n1. The van der Waals surface area contributed by atoms with Gasteiger partial charge in [-0.2, -0.15) is 4.98 Å². The molecule has 0 saturated heterocycles.